The number of carbonyl (C=O) groups excluding carboxylic acids is 2. The number of para-hydroxylation sites is 1. The van der Waals surface area contributed by atoms with E-state index in [1.165, 1.54) is 79.4 Å². The van der Waals surface area contributed by atoms with Crippen molar-refractivity contribution in [1.29, 1.82) is 0 Å². The smallest absolute Gasteiger partial charge is 0.267 e. The van der Waals surface area contributed by atoms with Gasteiger partial charge < -0.3 is 10.1 Å². The maximum atomic E-state index is 14.5. The number of hydrogen-bond donors (Lipinski definition) is 2. The molecule has 2 amide bonds. The van der Waals surface area contributed by atoms with Crippen LogP contribution < -0.4 is 20.5 Å². The fourth-order valence-corrected chi connectivity index (χ4v) is 11.6. The van der Waals surface area contributed by atoms with Gasteiger partial charge in [0.1, 0.15) is 22.5 Å². The number of benzene rings is 4. The van der Waals surface area contributed by atoms with E-state index >= 15 is 0 Å². The van der Waals surface area contributed by atoms with Gasteiger partial charge in [0.2, 0.25) is 0 Å². The van der Waals surface area contributed by atoms with Crippen molar-refractivity contribution < 1.29 is 22.7 Å². The van der Waals surface area contributed by atoms with Gasteiger partial charge in [-0.3, -0.25) is 15.0 Å². The van der Waals surface area contributed by atoms with Crippen molar-refractivity contribution >= 4 is 103 Å². The number of hydrogen-bond acceptors (Lipinski definition) is 7. The lowest BCUT2D eigenvalue weighted by molar-refractivity contribution is -0.123. The molecule has 1 aliphatic rings. The van der Waals surface area contributed by atoms with Crippen molar-refractivity contribution in [2.45, 2.75) is 171 Å². The Kier molecular flexibility index (Phi) is 20.5. The summed E-state index contributed by atoms with van der Waals surface area (Å²) in [7, 11) is -3.61. The normalized spacial score (nSPS) is 15.5. The molecule has 0 aromatic heterocycles. The van der Waals surface area contributed by atoms with Gasteiger partial charge in [0.05, 0.1) is 37.1 Å². The maximum absolute atomic E-state index is 14.5. The van der Waals surface area contributed by atoms with Crippen LogP contribution in [0.25, 0.3) is 0 Å². The number of amidine groups is 1. The number of rotatable bonds is 25. The first-order valence-corrected chi connectivity index (χ1v) is 28.0. The Hall–Kier alpha value is -3.45. The van der Waals surface area contributed by atoms with E-state index in [0.29, 0.717) is 29.2 Å². The zero-order chi connectivity index (χ0) is 49.8. The van der Waals surface area contributed by atoms with E-state index in [0.717, 1.165) is 49.4 Å². The van der Waals surface area contributed by atoms with Crippen LogP contribution in [0.5, 0.6) is 5.75 Å². The standard InChI is InChI=1S/C53H68Cl4N4O5S2/c1-9-13-14-15-16-17-18-19-20-23-30-68(64,65)37-27-28-42(39(55)34-37)58-49-48(51(63)61(60-49)47-40(56)32-36(54)33-41(47)57)67-46-25-22-21-24-43(46)59-50(62)44(10-2)66-45-29-26-35(52(5,6)11-3)31-38(45)53(7,8)12-4/h21-22,24-29,31-34,44,48H,9-20,23,30H2,1-8H3,(H,58,60)(H,59,62). The van der Waals surface area contributed by atoms with E-state index < -0.39 is 27.1 Å². The topological polar surface area (TPSA) is 117 Å². The molecule has 9 nitrogen and oxygen atoms in total. The highest BCUT2D eigenvalue weighted by atomic mass is 35.5. The van der Waals surface area contributed by atoms with Crippen molar-refractivity contribution in [3.8, 4) is 5.75 Å². The molecule has 0 spiro atoms. The average molecular weight is 1050 g/mol. The largest absolute Gasteiger partial charge is 0.480 e. The Morgan fingerprint density at radius 3 is 2.01 bits per heavy atom. The second-order valence-corrected chi connectivity index (χ2v) is 23.7. The van der Waals surface area contributed by atoms with Crippen LogP contribution >= 0.6 is 58.2 Å². The predicted octanol–water partition coefficient (Wildman–Crippen LogP) is 15.9. The molecule has 2 N–H and O–H groups in total. The van der Waals surface area contributed by atoms with Gasteiger partial charge >= 0.3 is 0 Å². The Morgan fingerprint density at radius 2 is 1.41 bits per heavy atom. The third kappa shape index (κ3) is 14.3. The fraction of sp³-hybridized carbons (Fsp3) is 0.491. The molecule has 370 valence electrons. The molecule has 68 heavy (non-hydrogen) atoms. The molecule has 0 radical (unpaired) electrons. The van der Waals surface area contributed by atoms with E-state index in [4.69, 9.17) is 56.1 Å². The van der Waals surface area contributed by atoms with Crippen LogP contribution in [0.1, 0.15) is 150 Å². The number of anilines is 2. The number of nitrogens with zero attached hydrogens (tertiary/aromatic N) is 2. The number of aliphatic imine (C=N–C) groups is 1. The molecule has 4 aromatic carbocycles. The first-order chi connectivity index (χ1) is 32.3. The predicted molar refractivity (Wildman–Crippen MR) is 287 cm³/mol. The lowest BCUT2D eigenvalue weighted by atomic mass is 9.76. The van der Waals surface area contributed by atoms with E-state index in [9.17, 15) is 18.0 Å². The van der Waals surface area contributed by atoms with E-state index in [1.54, 1.807) is 18.2 Å². The first kappa shape index (κ1) is 55.5. The highest BCUT2D eigenvalue weighted by molar-refractivity contribution is 8.01. The molecule has 1 fully saturated rings. The zero-order valence-electron chi connectivity index (χ0n) is 40.7. The summed E-state index contributed by atoms with van der Waals surface area (Å²) in [6.07, 6.45) is 12.4. The first-order valence-electron chi connectivity index (χ1n) is 24.0. The lowest BCUT2D eigenvalue weighted by Gasteiger charge is -2.31. The number of thioether (sulfide) groups is 1. The molecule has 0 saturated carbocycles. The second kappa shape index (κ2) is 25.1. The summed E-state index contributed by atoms with van der Waals surface area (Å²) in [5, 5.41) is 3.87. The van der Waals surface area contributed by atoms with Crippen molar-refractivity contribution in [1.82, 2.24) is 5.43 Å². The van der Waals surface area contributed by atoms with Gasteiger partial charge in [-0.2, -0.15) is 0 Å². The molecule has 4 aromatic rings. The van der Waals surface area contributed by atoms with Crippen molar-refractivity contribution in [3.05, 3.63) is 104 Å². The van der Waals surface area contributed by atoms with Gasteiger partial charge in [0.25, 0.3) is 11.8 Å². The van der Waals surface area contributed by atoms with Gasteiger partial charge in [-0.05, 0) is 90.6 Å². The Bertz CT molecular complexity index is 2510. The molecule has 2 unspecified atom stereocenters. The number of sulfone groups is 1. The van der Waals surface area contributed by atoms with Crippen LogP contribution in [0.4, 0.5) is 17.1 Å². The number of nitrogens with one attached hydrogen (secondary N) is 2. The van der Waals surface area contributed by atoms with Crippen LogP contribution in [0.15, 0.2) is 87.6 Å². The zero-order valence-corrected chi connectivity index (χ0v) is 45.4. The van der Waals surface area contributed by atoms with E-state index in [1.807, 2.05) is 19.1 Å². The minimum Gasteiger partial charge on any atom is -0.480 e. The van der Waals surface area contributed by atoms with Gasteiger partial charge in [0, 0.05) is 15.5 Å². The van der Waals surface area contributed by atoms with Crippen LogP contribution in [-0.2, 0) is 30.3 Å². The van der Waals surface area contributed by atoms with Gasteiger partial charge in [0.15, 0.2) is 15.9 Å². The molecule has 1 saturated heterocycles. The maximum Gasteiger partial charge on any atom is 0.267 e. The Morgan fingerprint density at radius 1 is 0.794 bits per heavy atom. The molecular weight excluding hydrogens is 979 g/mol. The monoisotopic (exact) mass is 1040 g/mol. The van der Waals surface area contributed by atoms with E-state index in [2.05, 4.69) is 71.3 Å². The van der Waals surface area contributed by atoms with Gasteiger partial charge in [-0.15, -0.1) is 11.8 Å². The summed E-state index contributed by atoms with van der Waals surface area (Å²) in [6, 6.07) is 20.9. The molecule has 1 heterocycles. The van der Waals surface area contributed by atoms with Crippen molar-refractivity contribution in [2.24, 2.45) is 4.99 Å². The lowest BCUT2D eigenvalue weighted by Crippen LogP contribution is -2.36. The molecule has 15 heteroatoms. The number of unbranched alkanes of at least 4 members (excludes halogenated alkanes) is 9. The Balaban J connectivity index is 1.39. The second-order valence-electron chi connectivity index (χ2n) is 18.8. The number of amides is 2. The molecule has 1 aliphatic heterocycles. The minimum atomic E-state index is -3.61. The summed E-state index contributed by atoms with van der Waals surface area (Å²) in [4.78, 5) is 34.2. The number of hydrazine groups is 1. The van der Waals surface area contributed by atoms with Crippen molar-refractivity contribution in [3.63, 3.8) is 0 Å². The molecule has 0 aliphatic carbocycles. The third-order valence-corrected chi connectivity index (χ3v) is 17.2. The summed E-state index contributed by atoms with van der Waals surface area (Å²) < 4.78 is 33.4. The SMILES string of the molecule is CCCCCCCCCCCCS(=O)(=O)c1ccc(N=C2NN(c3c(Cl)cc(Cl)cc3Cl)C(=O)C2Sc2ccccc2NC(=O)C(CC)Oc2ccc(C(C)(C)CC)cc2C(C)(C)CC)c(Cl)c1. The molecule has 0 bridgehead atoms. The molecular formula is C53H68Cl4N4O5S2. The summed E-state index contributed by atoms with van der Waals surface area (Å²) in [6.45, 7) is 17.3. The van der Waals surface area contributed by atoms with Crippen molar-refractivity contribution in [2.75, 3.05) is 16.1 Å². The quantitative estimate of drug-likeness (QED) is 0.0635. The highest BCUT2D eigenvalue weighted by Gasteiger charge is 2.42. The minimum absolute atomic E-state index is 0.0177. The summed E-state index contributed by atoms with van der Waals surface area (Å²) >= 11 is 27.5. The number of halogens is 4. The van der Waals surface area contributed by atoms with Gasteiger partial charge in [-0.25, -0.2) is 18.4 Å². The number of carbonyl (C=O) groups is 2. The van der Waals surface area contributed by atoms with Gasteiger partial charge in [-0.1, -0.05) is 184 Å². The van der Waals surface area contributed by atoms with E-state index in [-0.39, 0.29) is 64.7 Å². The molecule has 2 atom stereocenters. The summed E-state index contributed by atoms with van der Waals surface area (Å²) in [5.74, 6) is 0.0348. The van der Waals surface area contributed by atoms with Crippen LogP contribution in [-0.4, -0.2) is 43.2 Å². The average Bonchev–Trinajstić information content (AvgIpc) is 3.59. The van der Waals surface area contributed by atoms with Crippen LogP contribution in [0, 0.1) is 0 Å². The highest BCUT2D eigenvalue weighted by Crippen LogP contribution is 2.43. The van der Waals surface area contributed by atoms with Crippen LogP contribution in [0.2, 0.25) is 20.1 Å². The molecule has 5 rings (SSSR count). The van der Waals surface area contributed by atoms with Crippen LogP contribution in [0.3, 0.4) is 0 Å². The Labute approximate surface area is 429 Å². The summed E-state index contributed by atoms with van der Waals surface area (Å²) in [5.41, 5.74) is 5.97. The third-order valence-electron chi connectivity index (χ3n) is 13.0. The number of ether oxygens (including phenoxy) is 1. The fourth-order valence-electron chi connectivity index (χ4n) is 7.83.